The van der Waals surface area contributed by atoms with Gasteiger partial charge >= 0.3 is 6.03 Å². The lowest BCUT2D eigenvalue weighted by atomic mass is 10.3. The number of rotatable bonds is 6. The molecule has 0 radical (unpaired) electrons. The monoisotopic (exact) mass is 387 g/mol. The van der Waals surface area contributed by atoms with Crippen LogP contribution in [-0.4, -0.2) is 24.2 Å². The van der Waals surface area contributed by atoms with E-state index in [1.165, 1.54) is 6.20 Å². The summed E-state index contributed by atoms with van der Waals surface area (Å²) in [6.45, 7) is 0.913. The molecule has 4 N–H and O–H groups in total. The average molecular weight is 388 g/mol. The standard InChI is InChI=1S/C18H18ClN5O3/c19-12-6-7-16(27-9-3-8-20)14(10-12)22-18(25)23-17-11-24(26)15-5-2-1-4-13(15)21-17/h1-2,4-7,10-11H,3,8-9,20H2,(H2,21,22,23,25). The Labute approximate surface area is 160 Å². The molecule has 0 atom stereocenters. The number of urea groups is 1. The number of aromatic nitrogens is 2. The number of nitrogens with zero attached hydrogens (tertiary/aromatic N) is 2. The van der Waals surface area contributed by atoms with Crippen LogP contribution in [0.25, 0.3) is 11.0 Å². The Morgan fingerprint density at radius 3 is 2.89 bits per heavy atom. The second kappa shape index (κ2) is 8.52. The lowest BCUT2D eigenvalue weighted by molar-refractivity contribution is -0.576. The zero-order valence-electron chi connectivity index (χ0n) is 14.3. The molecule has 3 rings (SSSR count). The summed E-state index contributed by atoms with van der Waals surface area (Å²) in [5, 5.41) is 17.7. The number of anilines is 2. The zero-order valence-corrected chi connectivity index (χ0v) is 15.1. The Bertz CT molecular complexity index is 967. The van der Waals surface area contributed by atoms with Crippen LogP contribution >= 0.6 is 11.6 Å². The fraction of sp³-hybridized carbons (Fsp3) is 0.167. The van der Waals surface area contributed by atoms with Crippen molar-refractivity contribution in [2.75, 3.05) is 23.8 Å². The molecule has 0 aliphatic carbocycles. The molecule has 0 saturated carbocycles. The largest absolute Gasteiger partial charge is 0.618 e. The van der Waals surface area contributed by atoms with Gasteiger partial charge in [0, 0.05) is 11.1 Å². The highest BCUT2D eigenvalue weighted by molar-refractivity contribution is 6.31. The summed E-state index contributed by atoms with van der Waals surface area (Å²) in [5.74, 6) is 0.585. The van der Waals surface area contributed by atoms with Gasteiger partial charge in [-0.2, -0.15) is 4.73 Å². The summed E-state index contributed by atoms with van der Waals surface area (Å²) in [6.07, 6.45) is 1.87. The maximum Gasteiger partial charge on any atom is 0.325 e. The lowest BCUT2D eigenvalue weighted by Crippen LogP contribution is -2.29. The van der Waals surface area contributed by atoms with Crippen molar-refractivity contribution in [3.05, 3.63) is 58.9 Å². The molecule has 0 spiro atoms. The number of hydrogen-bond donors (Lipinski definition) is 3. The van der Waals surface area contributed by atoms with Crippen molar-refractivity contribution in [2.45, 2.75) is 6.42 Å². The molecule has 1 heterocycles. The summed E-state index contributed by atoms with van der Waals surface area (Å²) in [6, 6.07) is 11.1. The molecule has 0 aliphatic heterocycles. The van der Waals surface area contributed by atoms with E-state index in [0.29, 0.717) is 51.8 Å². The predicted molar refractivity (Wildman–Crippen MR) is 104 cm³/mol. The summed E-state index contributed by atoms with van der Waals surface area (Å²) < 4.78 is 6.26. The van der Waals surface area contributed by atoms with E-state index in [2.05, 4.69) is 15.6 Å². The summed E-state index contributed by atoms with van der Waals surface area (Å²) in [5.41, 5.74) is 6.74. The molecule has 0 fully saturated rings. The average Bonchev–Trinajstić information content (AvgIpc) is 2.63. The van der Waals surface area contributed by atoms with Gasteiger partial charge in [0.05, 0.1) is 12.3 Å². The van der Waals surface area contributed by atoms with Crippen molar-refractivity contribution in [3.63, 3.8) is 0 Å². The number of benzene rings is 2. The third-order valence-electron chi connectivity index (χ3n) is 3.64. The van der Waals surface area contributed by atoms with Crippen LogP contribution in [0.5, 0.6) is 5.75 Å². The van der Waals surface area contributed by atoms with Crippen LogP contribution in [0.1, 0.15) is 6.42 Å². The smallest absolute Gasteiger partial charge is 0.325 e. The highest BCUT2D eigenvalue weighted by Crippen LogP contribution is 2.28. The van der Waals surface area contributed by atoms with Crippen molar-refractivity contribution in [1.29, 1.82) is 0 Å². The van der Waals surface area contributed by atoms with Crippen LogP contribution in [0.2, 0.25) is 5.02 Å². The molecule has 0 bridgehead atoms. The normalized spacial score (nSPS) is 10.6. The maximum absolute atomic E-state index is 12.3. The summed E-state index contributed by atoms with van der Waals surface area (Å²) >= 11 is 6.00. The molecular weight excluding hydrogens is 370 g/mol. The van der Waals surface area contributed by atoms with E-state index in [-0.39, 0.29) is 5.82 Å². The molecule has 140 valence electrons. The van der Waals surface area contributed by atoms with Crippen LogP contribution < -0.4 is 25.8 Å². The highest BCUT2D eigenvalue weighted by atomic mass is 35.5. The Hall–Kier alpha value is -3.10. The number of halogens is 1. The summed E-state index contributed by atoms with van der Waals surface area (Å²) in [4.78, 5) is 16.6. The predicted octanol–water partition coefficient (Wildman–Crippen LogP) is 2.89. The minimum absolute atomic E-state index is 0.119. The number of nitrogens with two attached hydrogens (primary N) is 1. The minimum Gasteiger partial charge on any atom is -0.618 e. The number of nitrogens with one attached hydrogen (secondary N) is 2. The molecule has 9 heteroatoms. The van der Waals surface area contributed by atoms with Gasteiger partial charge in [-0.1, -0.05) is 23.7 Å². The van der Waals surface area contributed by atoms with Crippen LogP contribution in [0.4, 0.5) is 16.3 Å². The molecule has 27 heavy (non-hydrogen) atoms. The molecule has 8 nitrogen and oxygen atoms in total. The first-order chi connectivity index (χ1) is 13.1. The van der Waals surface area contributed by atoms with Gasteiger partial charge < -0.3 is 21.0 Å². The lowest BCUT2D eigenvalue weighted by Gasteiger charge is -2.13. The van der Waals surface area contributed by atoms with Crippen molar-refractivity contribution in [1.82, 2.24) is 4.98 Å². The number of fused-ring (bicyclic) bond motifs is 1. The fourth-order valence-corrected chi connectivity index (χ4v) is 2.58. The second-order valence-electron chi connectivity index (χ2n) is 5.65. The maximum atomic E-state index is 12.3. The van der Waals surface area contributed by atoms with Gasteiger partial charge in [0.1, 0.15) is 11.3 Å². The van der Waals surface area contributed by atoms with E-state index in [1.54, 1.807) is 42.5 Å². The molecule has 2 aromatic carbocycles. The Morgan fingerprint density at radius 1 is 1.26 bits per heavy atom. The van der Waals surface area contributed by atoms with E-state index in [9.17, 15) is 10.0 Å². The highest BCUT2D eigenvalue weighted by Gasteiger charge is 2.13. The number of carbonyl (C=O) groups is 1. The van der Waals surface area contributed by atoms with Gasteiger partial charge in [-0.25, -0.2) is 9.78 Å². The van der Waals surface area contributed by atoms with Crippen molar-refractivity contribution in [2.24, 2.45) is 5.73 Å². The van der Waals surface area contributed by atoms with Gasteiger partial charge in [0.15, 0.2) is 0 Å². The first-order valence-electron chi connectivity index (χ1n) is 8.26. The third kappa shape index (κ3) is 4.75. The molecule has 0 aliphatic rings. The second-order valence-corrected chi connectivity index (χ2v) is 6.09. The fourth-order valence-electron chi connectivity index (χ4n) is 2.41. The number of para-hydroxylation sites is 2. The Morgan fingerprint density at radius 2 is 2.07 bits per heavy atom. The third-order valence-corrected chi connectivity index (χ3v) is 3.87. The Kier molecular flexibility index (Phi) is 5.90. The van der Waals surface area contributed by atoms with Crippen LogP contribution in [0.3, 0.4) is 0 Å². The van der Waals surface area contributed by atoms with E-state index in [0.717, 1.165) is 0 Å². The van der Waals surface area contributed by atoms with Gasteiger partial charge in [-0.15, -0.1) is 0 Å². The van der Waals surface area contributed by atoms with Crippen LogP contribution in [0.15, 0.2) is 48.7 Å². The SMILES string of the molecule is NCCCOc1ccc(Cl)cc1NC(=O)Nc1c[n+]([O-])c2ccccc2n1. The van der Waals surface area contributed by atoms with E-state index in [1.807, 2.05) is 0 Å². The van der Waals surface area contributed by atoms with Gasteiger partial charge in [-0.3, -0.25) is 5.32 Å². The molecule has 0 unspecified atom stereocenters. The van der Waals surface area contributed by atoms with E-state index in [4.69, 9.17) is 22.1 Å². The van der Waals surface area contributed by atoms with Crippen molar-refractivity contribution in [3.8, 4) is 5.75 Å². The van der Waals surface area contributed by atoms with E-state index < -0.39 is 6.03 Å². The first-order valence-corrected chi connectivity index (χ1v) is 8.64. The molecule has 3 aromatic rings. The number of ether oxygens (including phenoxy) is 1. The van der Waals surface area contributed by atoms with Crippen molar-refractivity contribution < 1.29 is 14.3 Å². The minimum atomic E-state index is -0.580. The number of hydrogen-bond acceptors (Lipinski definition) is 5. The van der Waals surface area contributed by atoms with Gasteiger partial charge in [0.25, 0.3) is 0 Å². The first kappa shape index (κ1) is 18.7. The molecule has 0 saturated heterocycles. The zero-order chi connectivity index (χ0) is 19.2. The van der Waals surface area contributed by atoms with Gasteiger partial charge in [-0.05, 0) is 37.2 Å². The summed E-state index contributed by atoms with van der Waals surface area (Å²) in [7, 11) is 0. The topological polar surface area (TPSA) is 116 Å². The quantitative estimate of drug-likeness (QED) is 0.341. The molecular formula is C18H18ClN5O3. The molecule has 1 aromatic heterocycles. The van der Waals surface area contributed by atoms with Crippen molar-refractivity contribution >= 4 is 40.2 Å². The number of amides is 2. The van der Waals surface area contributed by atoms with Gasteiger partial charge in [0.2, 0.25) is 17.5 Å². The van der Waals surface area contributed by atoms with Crippen LogP contribution in [-0.2, 0) is 0 Å². The number of carbonyl (C=O) groups excluding carboxylic acids is 1. The molecule has 2 amide bonds. The Balaban J connectivity index is 1.75. The van der Waals surface area contributed by atoms with Crippen LogP contribution in [0, 0.1) is 5.21 Å². The van der Waals surface area contributed by atoms with E-state index >= 15 is 0 Å².